The second-order valence-corrected chi connectivity index (χ2v) is 8.26. The van der Waals surface area contributed by atoms with Gasteiger partial charge >= 0.3 is 0 Å². The largest absolute Gasteiger partial charge is 0.350 e. The van der Waals surface area contributed by atoms with Gasteiger partial charge in [-0.1, -0.05) is 22.4 Å². The van der Waals surface area contributed by atoms with Crippen LogP contribution in [0.3, 0.4) is 0 Å². The Labute approximate surface area is 188 Å². The Hall–Kier alpha value is -3.58. The van der Waals surface area contributed by atoms with Crippen LogP contribution in [0.4, 0.5) is 0 Å². The average Bonchev–Trinajstić information content (AvgIpc) is 3.52. The molecule has 162 valence electrons. The summed E-state index contributed by atoms with van der Waals surface area (Å²) in [6, 6.07) is 13.3. The van der Waals surface area contributed by atoms with Gasteiger partial charge in [0.2, 0.25) is 0 Å². The first kappa shape index (κ1) is 21.6. The first-order chi connectivity index (χ1) is 15.6. The van der Waals surface area contributed by atoms with E-state index in [4.69, 9.17) is 19.5 Å². The number of benzene rings is 2. The van der Waals surface area contributed by atoms with Crippen molar-refractivity contribution in [3.8, 4) is 11.1 Å². The van der Waals surface area contributed by atoms with Crippen molar-refractivity contribution >= 4 is 35.3 Å². The number of carbonyl (C=O) groups excluding carboxylic acids is 2. The second kappa shape index (κ2) is 9.70. The molecular formula is C20H14N4O6S2. The zero-order valence-corrected chi connectivity index (χ0v) is 17.6. The van der Waals surface area contributed by atoms with Crippen LogP contribution in [0.1, 0.15) is 20.7 Å². The summed E-state index contributed by atoms with van der Waals surface area (Å²) in [5, 5.41) is 26.4. The molecule has 2 aromatic carbocycles. The topological polar surface area (TPSA) is 151 Å². The number of hydroxylamine groups is 2. The fourth-order valence-corrected chi connectivity index (χ4v) is 4.56. The maximum atomic E-state index is 12.1. The van der Waals surface area contributed by atoms with E-state index in [-0.39, 0.29) is 11.1 Å². The molecule has 0 radical (unpaired) electrons. The molecule has 2 amide bonds. The summed E-state index contributed by atoms with van der Waals surface area (Å²) < 4.78 is 10.2. The Bertz CT molecular complexity index is 1150. The van der Waals surface area contributed by atoms with E-state index in [1.54, 1.807) is 59.5 Å². The SMILES string of the molecule is O=C(NO)c1ccc(-c2ccc(C(=O)NO)c(Sc3ccno3)c2)cc1Sc1ccno1. The van der Waals surface area contributed by atoms with Crippen LogP contribution in [0.5, 0.6) is 0 Å². The van der Waals surface area contributed by atoms with E-state index in [1.807, 2.05) is 0 Å². The molecule has 0 aliphatic rings. The van der Waals surface area contributed by atoms with Crippen LogP contribution < -0.4 is 11.0 Å². The van der Waals surface area contributed by atoms with Gasteiger partial charge in [-0.3, -0.25) is 20.0 Å². The molecule has 0 aliphatic carbocycles. The van der Waals surface area contributed by atoms with Gasteiger partial charge in [0.1, 0.15) is 0 Å². The van der Waals surface area contributed by atoms with Gasteiger partial charge in [0, 0.05) is 21.9 Å². The van der Waals surface area contributed by atoms with Crippen LogP contribution in [0.15, 0.2) is 89.9 Å². The van der Waals surface area contributed by atoms with Gasteiger partial charge in [-0.2, -0.15) is 0 Å². The lowest BCUT2D eigenvalue weighted by Crippen LogP contribution is -2.19. The minimum Gasteiger partial charge on any atom is -0.350 e. The van der Waals surface area contributed by atoms with Crippen LogP contribution >= 0.6 is 23.5 Å². The highest BCUT2D eigenvalue weighted by Crippen LogP contribution is 2.37. The van der Waals surface area contributed by atoms with Crippen molar-refractivity contribution in [2.24, 2.45) is 0 Å². The predicted octanol–water partition coefficient (Wildman–Crippen LogP) is 3.87. The van der Waals surface area contributed by atoms with Crippen molar-refractivity contribution < 1.29 is 29.0 Å². The molecule has 4 rings (SSSR count). The van der Waals surface area contributed by atoms with E-state index in [1.165, 1.54) is 35.9 Å². The molecular weight excluding hydrogens is 456 g/mol. The number of hydrogen-bond acceptors (Lipinski definition) is 10. The van der Waals surface area contributed by atoms with Crippen molar-refractivity contribution in [3.05, 3.63) is 72.1 Å². The second-order valence-electron chi connectivity index (χ2n) is 6.17. The zero-order chi connectivity index (χ0) is 22.5. The van der Waals surface area contributed by atoms with Crippen molar-refractivity contribution in [1.29, 1.82) is 0 Å². The van der Waals surface area contributed by atoms with Gasteiger partial charge in [0.05, 0.1) is 23.5 Å². The number of nitrogens with zero attached hydrogens (tertiary/aromatic N) is 2. The van der Waals surface area contributed by atoms with E-state index in [0.29, 0.717) is 20.0 Å². The van der Waals surface area contributed by atoms with Crippen molar-refractivity contribution in [2.45, 2.75) is 20.0 Å². The molecule has 4 aromatic rings. The maximum Gasteiger partial charge on any atom is 0.275 e. The molecule has 0 bridgehead atoms. The number of carbonyl (C=O) groups is 2. The van der Waals surface area contributed by atoms with E-state index in [0.717, 1.165) is 11.1 Å². The highest BCUT2D eigenvalue weighted by atomic mass is 32.2. The number of rotatable bonds is 7. The lowest BCUT2D eigenvalue weighted by molar-refractivity contribution is 0.0698. The van der Waals surface area contributed by atoms with E-state index in [2.05, 4.69) is 10.3 Å². The molecule has 0 saturated heterocycles. The van der Waals surface area contributed by atoms with Crippen LogP contribution in [-0.2, 0) is 0 Å². The fraction of sp³-hybridized carbons (Fsp3) is 0. The van der Waals surface area contributed by atoms with E-state index >= 15 is 0 Å². The first-order valence-corrected chi connectivity index (χ1v) is 10.6. The molecule has 12 heteroatoms. The van der Waals surface area contributed by atoms with E-state index in [9.17, 15) is 9.59 Å². The quantitative estimate of drug-likeness (QED) is 0.231. The van der Waals surface area contributed by atoms with Crippen LogP contribution in [0.2, 0.25) is 0 Å². The van der Waals surface area contributed by atoms with Gasteiger partial charge in [0.15, 0.2) is 10.2 Å². The summed E-state index contributed by atoms with van der Waals surface area (Å²) in [7, 11) is 0. The van der Waals surface area contributed by atoms with Gasteiger partial charge in [0.25, 0.3) is 11.8 Å². The molecule has 0 saturated carbocycles. The number of nitrogens with one attached hydrogen (secondary N) is 2. The lowest BCUT2D eigenvalue weighted by Gasteiger charge is -2.12. The maximum absolute atomic E-state index is 12.1. The summed E-state index contributed by atoms with van der Waals surface area (Å²) in [5.41, 5.74) is 5.22. The summed E-state index contributed by atoms with van der Waals surface area (Å²) in [5.74, 6) is -1.34. The third-order valence-electron chi connectivity index (χ3n) is 4.24. The predicted molar refractivity (Wildman–Crippen MR) is 112 cm³/mol. The van der Waals surface area contributed by atoms with Crippen molar-refractivity contribution in [2.75, 3.05) is 0 Å². The number of aromatic nitrogens is 2. The van der Waals surface area contributed by atoms with Crippen LogP contribution in [-0.4, -0.2) is 32.5 Å². The summed E-state index contributed by atoms with van der Waals surface area (Å²) in [6.07, 6.45) is 2.96. The van der Waals surface area contributed by atoms with Crippen LogP contribution in [0, 0.1) is 0 Å². The average molecular weight is 470 g/mol. The first-order valence-electron chi connectivity index (χ1n) is 8.93. The molecule has 10 nitrogen and oxygen atoms in total. The van der Waals surface area contributed by atoms with Gasteiger partial charge in [-0.05, 0) is 58.9 Å². The monoisotopic (exact) mass is 470 g/mol. The Morgan fingerprint density at radius 3 is 1.50 bits per heavy atom. The van der Waals surface area contributed by atoms with E-state index < -0.39 is 11.8 Å². The normalized spacial score (nSPS) is 10.7. The molecule has 4 N–H and O–H groups in total. The number of amides is 2. The minimum atomic E-state index is -0.671. The highest BCUT2D eigenvalue weighted by molar-refractivity contribution is 7.99. The zero-order valence-electron chi connectivity index (χ0n) is 16.0. The Morgan fingerprint density at radius 2 is 1.16 bits per heavy atom. The highest BCUT2D eigenvalue weighted by Gasteiger charge is 2.18. The molecule has 0 spiro atoms. The van der Waals surface area contributed by atoms with Gasteiger partial charge < -0.3 is 9.05 Å². The Morgan fingerprint density at radius 1 is 0.719 bits per heavy atom. The lowest BCUT2D eigenvalue weighted by atomic mass is 10.0. The molecule has 0 fully saturated rings. The smallest absolute Gasteiger partial charge is 0.275 e. The van der Waals surface area contributed by atoms with Crippen molar-refractivity contribution in [1.82, 2.24) is 21.3 Å². The third-order valence-corrected chi connectivity index (χ3v) is 6.18. The Kier molecular flexibility index (Phi) is 6.56. The molecule has 2 aromatic heterocycles. The Balaban J connectivity index is 1.76. The van der Waals surface area contributed by atoms with Crippen molar-refractivity contribution in [3.63, 3.8) is 0 Å². The summed E-state index contributed by atoms with van der Waals surface area (Å²) in [4.78, 5) is 25.2. The molecule has 2 heterocycles. The van der Waals surface area contributed by atoms with Gasteiger partial charge in [-0.25, -0.2) is 11.0 Å². The molecule has 0 atom stereocenters. The van der Waals surface area contributed by atoms with Crippen LogP contribution in [0.25, 0.3) is 11.1 Å². The molecule has 0 unspecified atom stereocenters. The van der Waals surface area contributed by atoms with Gasteiger partial charge in [-0.15, -0.1) is 0 Å². The number of hydrogen-bond donors (Lipinski definition) is 4. The summed E-state index contributed by atoms with van der Waals surface area (Å²) >= 11 is 2.33. The standard InChI is InChI=1S/C20H14N4O6S2/c25-19(23-27)13-3-1-11(9-15(13)31-17-5-7-21-29-17)12-2-4-14(20(26)24-28)16(10-12)32-18-6-8-22-30-18/h1-10,27-28H,(H,23,25)(H,24,26). The molecule has 0 aliphatic heterocycles. The third kappa shape index (κ3) is 4.68. The fourth-order valence-electron chi connectivity index (χ4n) is 2.80. The summed E-state index contributed by atoms with van der Waals surface area (Å²) in [6.45, 7) is 0. The molecule has 32 heavy (non-hydrogen) atoms. The minimum absolute atomic E-state index is 0.241.